The van der Waals surface area contributed by atoms with Crippen LogP contribution in [0.3, 0.4) is 0 Å². The maximum Gasteiger partial charge on any atom is 0.0409 e. The molecule has 0 N–H and O–H groups in total. The Morgan fingerprint density at radius 2 is 1.76 bits per heavy atom. The molecule has 0 aromatic heterocycles. The van der Waals surface area contributed by atoms with Gasteiger partial charge in [0.25, 0.3) is 0 Å². The molecular weight excluding hydrogens is 228 g/mol. The van der Waals surface area contributed by atoms with E-state index in [1.165, 1.54) is 23.1 Å². The number of hydrogen-bond donors (Lipinski definition) is 0. The molecule has 86 valence electrons. The van der Waals surface area contributed by atoms with Gasteiger partial charge in [-0.2, -0.15) is 0 Å². The summed E-state index contributed by atoms with van der Waals surface area (Å²) in [5, 5.41) is 0.851. The van der Waals surface area contributed by atoms with E-state index in [0.717, 1.165) is 5.02 Å². The number of benzene rings is 2. The second-order valence-electron chi connectivity index (χ2n) is 4.87. The standard InChI is InChI=1S/C16H15Cl/c1-11-9-16(12-5-3-2-4-6-12)14-8-7-13(17)10-15(11)14/h2-8,10-11,16H,9H2,1H3. The first-order valence-electron chi connectivity index (χ1n) is 6.10. The van der Waals surface area contributed by atoms with Gasteiger partial charge >= 0.3 is 0 Å². The van der Waals surface area contributed by atoms with Crippen molar-refractivity contribution in [3.05, 3.63) is 70.2 Å². The van der Waals surface area contributed by atoms with Crippen molar-refractivity contribution in [2.45, 2.75) is 25.2 Å². The molecule has 0 bridgehead atoms. The van der Waals surface area contributed by atoms with Gasteiger partial charge in [-0.25, -0.2) is 0 Å². The molecule has 0 heterocycles. The van der Waals surface area contributed by atoms with Crippen molar-refractivity contribution in [3.63, 3.8) is 0 Å². The van der Waals surface area contributed by atoms with E-state index in [-0.39, 0.29) is 0 Å². The van der Waals surface area contributed by atoms with E-state index in [0.29, 0.717) is 11.8 Å². The Kier molecular flexibility index (Phi) is 2.68. The summed E-state index contributed by atoms with van der Waals surface area (Å²) >= 11 is 6.08. The van der Waals surface area contributed by atoms with Crippen molar-refractivity contribution in [1.29, 1.82) is 0 Å². The Balaban J connectivity index is 2.08. The second-order valence-corrected chi connectivity index (χ2v) is 5.31. The van der Waals surface area contributed by atoms with E-state index in [9.17, 15) is 0 Å². The molecule has 2 unspecified atom stereocenters. The van der Waals surface area contributed by atoms with Crippen LogP contribution in [0.5, 0.6) is 0 Å². The quantitative estimate of drug-likeness (QED) is 0.662. The topological polar surface area (TPSA) is 0 Å². The first-order chi connectivity index (χ1) is 8.25. The summed E-state index contributed by atoms with van der Waals surface area (Å²) in [4.78, 5) is 0. The van der Waals surface area contributed by atoms with Crippen LogP contribution in [0.1, 0.15) is 41.9 Å². The first-order valence-corrected chi connectivity index (χ1v) is 6.48. The number of hydrogen-bond acceptors (Lipinski definition) is 0. The average Bonchev–Trinajstić information content (AvgIpc) is 2.68. The van der Waals surface area contributed by atoms with Crippen LogP contribution in [-0.4, -0.2) is 0 Å². The van der Waals surface area contributed by atoms with Crippen molar-refractivity contribution in [3.8, 4) is 0 Å². The van der Waals surface area contributed by atoms with Gasteiger partial charge in [0.05, 0.1) is 0 Å². The lowest BCUT2D eigenvalue weighted by molar-refractivity contribution is 0.686. The molecule has 0 nitrogen and oxygen atoms in total. The van der Waals surface area contributed by atoms with Crippen LogP contribution in [0, 0.1) is 0 Å². The van der Waals surface area contributed by atoms with Crippen LogP contribution < -0.4 is 0 Å². The molecule has 2 aromatic carbocycles. The lowest BCUT2D eigenvalue weighted by Crippen LogP contribution is -1.95. The van der Waals surface area contributed by atoms with Gasteiger partial charge in [0, 0.05) is 10.9 Å². The zero-order valence-electron chi connectivity index (χ0n) is 9.86. The summed E-state index contributed by atoms with van der Waals surface area (Å²) in [6.45, 7) is 2.29. The van der Waals surface area contributed by atoms with Crippen molar-refractivity contribution >= 4 is 11.6 Å². The normalized spacial score (nSPS) is 22.5. The minimum absolute atomic E-state index is 0.540. The van der Waals surface area contributed by atoms with Gasteiger partial charge in [-0.1, -0.05) is 54.9 Å². The summed E-state index contributed by atoms with van der Waals surface area (Å²) in [5.41, 5.74) is 4.29. The Hall–Kier alpha value is -1.27. The highest BCUT2D eigenvalue weighted by molar-refractivity contribution is 6.30. The maximum absolute atomic E-state index is 6.08. The molecule has 0 amide bonds. The Morgan fingerprint density at radius 1 is 1.00 bits per heavy atom. The Bertz CT molecular complexity index is 530. The lowest BCUT2D eigenvalue weighted by atomic mass is 9.93. The predicted octanol–water partition coefficient (Wildman–Crippen LogP) is 4.98. The molecular formula is C16H15Cl. The first kappa shape index (κ1) is 10.9. The minimum atomic E-state index is 0.540. The van der Waals surface area contributed by atoms with E-state index in [2.05, 4.69) is 49.4 Å². The van der Waals surface area contributed by atoms with Crippen LogP contribution in [-0.2, 0) is 0 Å². The Labute approximate surface area is 107 Å². The lowest BCUT2D eigenvalue weighted by Gasteiger charge is -2.11. The molecule has 0 spiro atoms. The van der Waals surface area contributed by atoms with Gasteiger partial charge in [-0.3, -0.25) is 0 Å². The molecule has 2 atom stereocenters. The van der Waals surface area contributed by atoms with Crippen molar-refractivity contribution < 1.29 is 0 Å². The van der Waals surface area contributed by atoms with E-state index in [4.69, 9.17) is 11.6 Å². The third kappa shape index (κ3) is 1.87. The molecule has 0 aliphatic heterocycles. The summed E-state index contributed by atoms with van der Waals surface area (Å²) in [6.07, 6.45) is 1.19. The van der Waals surface area contributed by atoms with E-state index < -0.39 is 0 Å². The van der Waals surface area contributed by atoms with Gasteiger partial charge in [-0.15, -0.1) is 0 Å². The molecule has 1 aliphatic carbocycles. The molecule has 0 saturated carbocycles. The fourth-order valence-corrected chi connectivity index (χ4v) is 3.08. The van der Waals surface area contributed by atoms with E-state index >= 15 is 0 Å². The molecule has 0 fully saturated rings. The fraction of sp³-hybridized carbons (Fsp3) is 0.250. The minimum Gasteiger partial charge on any atom is -0.0843 e. The van der Waals surface area contributed by atoms with Crippen molar-refractivity contribution in [2.24, 2.45) is 0 Å². The number of fused-ring (bicyclic) bond motifs is 1. The highest BCUT2D eigenvalue weighted by Crippen LogP contribution is 2.45. The zero-order chi connectivity index (χ0) is 11.8. The SMILES string of the molecule is CC1CC(c2ccccc2)c2ccc(Cl)cc21. The van der Waals surface area contributed by atoms with Gasteiger partial charge in [0.2, 0.25) is 0 Å². The van der Waals surface area contributed by atoms with Crippen LogP contribution in [0.25, 0.3) is 0 Å². The van der Waals surface area contributed by atoms with Crippen LogP contribution in [0.2, 0.25) is 5.02 Å². The van der Waals surface area contributed by atoms with Gasteiger partial charge in [-0.05, 0) is 41.2 Å². The van der Waals surface area contributed by atoms with Gasteiger partial charge in [0.15, 0.2) is 0 Å². The summed E-state index contributed by atoms with van der Waals surface area (Å²) in [7, 11) is 0. The van der Waals surface area contributed by atoms with Crippen LogP contribution in [0.4, 0.5) is 0 Å². The molecule has 1 aliphatic rings. The largest absolute Gasteiger partial charge is 0.0843 e. The number of halogens is 1. The summed E-state index contributed by atoms with van der Waals surface area (Å²) < 4.78 is 0. The van der Waals surface area contributed by atoms with Gasteiger partial charge < -0.3 is 0 Å². The maximum atomic E-state index is 6.08. The molecule has 17 heavy (non-hydrogen) atoms. The predicted molar refractivity (Wildman–Crippen MR) is 72.8 cm³/mol. The van der Waals surface area contributed by atoms with Crippen molar-refractivity contribution in [2.75, 3.05) is 0 Å². The summed E-state index contributed by atoms with van der Waals surface area (Å²) in [5.74, 6) is 1.15. The van der Waals surface area contributed by atoms with Crippen LogP contribution >= 0.6 is 11.6 Å². The fourth-order valence-electron chi connectivity index (χ4n) is 2.90. The second kappa shape index (κ2) is 4.19. The third-order valence-electron chi connectivity index (χ3n) is 3.75. The monoisotopic (exact) mass is 242 g/mol. The van der Waals surface area contributed by atoms with Gasteiger partial charge in [0.1, 0.15) is 0 Å². The van der Waals surface area contributed by atoms with Crippen molar-refractivity contribution in [1.82, 2.24) is 0 Å². The zero-order valence-corrected chi connectivity index (χ0v) is 10.6. The number of rotatable bonds is 1. The molecule has 0 radical (unpaired) electrons. The smallest absolute Gasteiger partial charge is 0.0409 e. The summed E-state index contributed by atoms with van der Waals surface area (Å²) in [6, 6.07) is 17.1. The van der Waals surface area contributed by atoms with E-state index in [1.807, 2.05) is 6.07 Å². The Morgan fingerprint density at radius 3 is 2.53 bits per heavy atom. The van der Waals surface area contributed by atoms with Crippen LogP contribution in [0.15, 0.2) is 48.5 Å². The molecule has 2 aromatic rings. The third-order valence-corrected chi connectivity index (χ3v) is 3.98. The highest BCUT2D eigenvalue weighted by atomic mass is 35.5. The molecule has 0 saturated heterocycles. The molecule has 1 heteroatoms. The average molecular weight is 243 g/mol. The highest BCUT2D eigenvalue weighted by Gasteiger charge is 2.29. The van der Waals surface area contributed by atoms with E-state index in [1.54, 1.807) is 0 Å². The molecule has 3 rings (SSSR count).